The number of nitrogens with two attached hydrogens (primary N) is 1. The molecular weight excluding hydrogens is 262 g/mol. The summed E-state index contributed by atoms with van der Waals surface area (Å²) in [4.78, 5) is 24.1. The summed E-state index contributed by atoms with van der Waals surface area (Å²) in [5, 5.41) is 10.6. The van der Waals surface area contributed by atoms with Crippen LogP contribution in [0.15, 0.2) is 24.3 Å². The lowest BCUT2D eigenvalue weighted by molar-refractivity contribution is -0.384. The van der Waals surface area contributed by atoms with Crippen LogP contribution in [-0.4, -0.2) is 37.1 Å². The molecule has 7 nitrogen and oxygen atoms in total. The first-order chi connectivity index (χ1) is 9.36. The summed E-state index contributed by atoms with van der Waals surface area (Å²) in [5.74, 6) is -0.156. The summed E-state index contributed by atoms with van der Waals surface area (Å²) in [7, 11) is 1.62. The Hall–Kier alpha value is -1.99. The number of amides is 1. The second-order valence-electron chi connectivity index (χ2n) is 5.18. The van der Waals surface area contributed by atoms with E-state index in [1.54, 1.807) is 26.1 Å². The summed E-state index contributed by atoms with van der Waals surface area (Å²) in [5.41, 5.74) is 5.74. The molecule has 1 aromatic carbocycles. The van der Waals surface area contributed by atoms with Crippen molar-refractivity contribution in [1.82, 2.24) is 0 Å². The molecule has 1 amide bonds. The number of ether oxygens (including phenoxy) is 1. The smallest absolute Gasteiger partial charge is 0.269 e. The first-order valence-electron chi connectivity index (χ1n) is 6.22. The molecule has 0 radical (unpaired) electrons. The average Bonchev–Trinajstić information content (AvgIpc) is 2.78. The minimum atomic E-state index is -0.767. The number of hydrogen-bond donors (Lipinski definition) is 1. The molecule has 0 bridgehead atoms. The maximum atomic E-state index is 12.5. The molecular formula is C13H17N3O4. The minimum Gasteiger partial charge on any atom is -0.379 e. The Bertz CT molecular complexity index is 531. The Balaban J connectivity index is 2.20. The highest BCUT2D eigenvalue weighted by atomic mass is 16.6. The number of non-ortho nitro benzene ring substituents is 1. The van der Waals surface area contributed by atoms with E-state index in [1.165, 1.54) is 17.0 Å². The van der Waals surface area contributed by atoms with E-state index < -0.39 is 10.3 Å². The zero-order valence-corrected chi connectivity index (χ0v) is 11.4. The van der Waals surface area contributed by atoms with E-state index in [9.17, 15) is 14.9 Å². The fraction of sp³-hybridized carbons (Fsp3) is 0.462. The van der Waals surface area contributed by atoms with Crippen LogP contribution in [0.1, 0.15) is 6.92 Å². The van der Waals surface area contributed by atoms with Crippen LogP contribution in [0.3, 0.4) is 0 Å². The fourth-order valence-electron chi connectivity index (χ4n) is 2.21. The lowest BCUT2D eigenvalue weighted by Gasteiger charge is -2.30. The van der Waals surface area contributed by atoms with Crippen molar-refractivity contribution in [2.45, 2.75) is 13.0 Å². The highest BCUT2D eigenvalue weighted by molar-refractivity contribution is 5.97. The second kappa shape index (κ2) is 5.18. The van der Waals surface area contributed by atoms with E-state index >= 15 is 0 Å². The van der Waals surface area contributed by atoms with Gasteiger partial charge in [-0.25, -0.2) is 0 Å². The molecule has 1 aliphatic rings. The summed E-state index contributed by atoms with van der Waals surface area (Å²) < 4.78 is 5.27. The van der Waals surface area contributed by atoms with Crippen molar-refractivity contribution in [3.63, 3.8) is 0 Å². The second-order valence-corrected chi connectivity index (χ2v) is 5.18. The molecule has 108 valence electrons. The van der Waals surface area contributed by atoms with Crippen molar-refractivity contribution in [2.75, 3.05) is 25.2 Å². The molecule has 1 aromatic rings. The van der Waals surface area contributed by atoms with Crippen molar-refractivity contribution in [3.05, 3.63) is 34.4 Å². The number of benzene rings is 1. The van der Waals surface area contributed by atoms with Gasteiger partial charge in [0.05, 0.1) is 23.6 Å². The summed E-state index contributed by atoms with van der Waals surface area (Å²) in [6.45, 7) is 2.41. The van der Waals surface area contributed by atoms with Gasteiger partial charge in [-0.05, 0) is 19.1 Å². The monoisotopic (exact) mass is 279 g/mol. The van der Waals surface area contributed by atoms with Crippen molar-refractivity contribution in [3.8, 4) is 0 Å². The Labute approximate surface area is 116 Å². The van der Waals surface area contributed by atoms with Gasteiger partial charge in [-0.2, -0.15) is 0 Å². The highest BCUT2D eigenvalue weighted by Gasteiger charge is 2.46. The number of nitrogens with zero attached hydrogens (tertiary/aromatic N) is 2. The summed E-state index contributed by atoms with van der Waals surface area (Å²) in [6.07, 6.45) is 0. The van der Waals surface area contributed by atoms with Crippen molar-refractivity contribution >= 4 is 17.3 Å². The highest BCUT2D eigenvalue weighted by Crippen LogP contribution is 2.31. The van der Waals surface area contributed by atoms with Gasteiger partial charge in [0.25, 0.3) is 5.69 Å². The molecule has 1 fully saturated rings. The third kappa shape index (κ3) is 2.37. The van der Waals surface area contributed by atoms with Gasteiger partial charge in [0, 0.05) is 30.9 Å². The Kier molecular flexibility index (Phi) is 3.74. The van der Waals surface area contributed by atoms with Gasteiger partial charge in [0.15, 0.2) is 0 Å². The fourth-order valence-corrected chi connectivity index (χ4v) is 2.21. The van der Waals surface area contributed by atoms with Crippen molar-refractivity contribution in [2.24, 2.45) is 11.1 Å². The van der Waals surface area contributed by atoms with Gasteiger partial charge in [-0.15, -0.1) is 0 Å². The molecule has 1 aliphatic heterocycles. The number of rotatable bonds is 3. The standard InChI is InChI=1S/C13H17N3O4/c1-13(8-20-7-11(13)14)12(17)15(2)9-3-5-10(6-4-9)16(18)19/h3-6,11H,7-8,14H2,1-2H3. The van der Waals surface area contributed by atoms with E-state index in [-0.39, 0.29) is 24.2 Å². The number of anilines is 1. The molecule has 7 heteroatoms. The third-order valence-electron chi connectivity index (χ3n) is 3.76. The normalized spacial score (nSPS) is 25.4. The number of carbonyl (C=O) groups is 1. The lowest BCUT2D eigenvalue weighted by atomic mass is 9.84. The zero-order valence-electron chi connectivity index (χ0n) is 11.4. The topological polar surface area (TPSA) is 98.7 Å². The molecule has 1 saturated heterocycles. The quantitative estimate of drug-likeness (QED) is 0.655. The maximum absolute atomic E-state index is 12.5. The first kappa shape index (κ1) is 14.4. The van der Waals surface area contributed by atoms with Gasteiger partial charge in [0.1, 0.15) is 0 Å². The number of nitro groups is 1. The summed E-state index contributed by atoms with van der Waals surface area (Å²) in [6, 6.07) is 5.47. The number of hydrogen-bond acceptors (Lipinski definition) is 5. The Morgan fingerprint density at radius 3 is 2.55 bits per heavy atom. The number of nitro benzene ring substituents is 1. The number of carbonyl (C=O) groups excluding carboxylic acids is 1. The predicted octanol–water partition coefficient (Wildman–Crippen LogP) is 0.921. The molecule has 0 spiro atoms. The molecule has 2 N–H and O–H groups in total. The Morgan fingerprint density at radius 1 is 1.50 bits per heavy atom. The Morgan fingerprint density at radius 2 is 2.10 bits per heavy atom. The zero-order chi connectivity index (χ0) is 14.9. The van der Waals surface area contributed by atoms with Crippen LogP contribution in [-0.2, 0) is 9.53 Å². The van der Waals surface area contributed by atoms with Crippen LogP contribution in [0.2, 0.25) is 0 Å². The maximum Gasteiger partial charge on any atom is 0.269 e. The molecule has 20 heavy (non-hydrogen) atoms. The third-order valence-corrected chi connectivity index (χ3v) is 3.76. The molecule has 2 unspecified atom stereocenters. The average molecular weight is 279 g/mol. The van der Waals surface area contributed by atoms with Crippen molar-refractivity contribution in [1.29, 1.82) is 0 Å². The molecule has 0 aliphatic carbocycles. The van der Waals surface area contributed by atoms with E-state index in [0.29, 0.717) is 12.3 Å². The predicted molar refractivity (Wildman–Crippen MR) is 73.4 cm³/mol. The van der Waals surface area contributed by atoms with Crippen LogP contribution < -0.4 is 10.6 Å². The largest absolute Gasteiger partial charge is 0.379 e. The van der Waals surface area contributed by atoms with E-state index in [4.69, 9.17) is 10.5 Å². The van der Waals surface area contributed by atoms with Crippen LogP contribution in [0.4, 0.5) is 11.4 Å². The van der Waals surface area contributed by atoms with Crippen LogP contribution in [0, 0.1) is 15.5 Å². The first-order valence-corrected chi connectivity index (χ1v) is 6.22. The van der Waals surface area contributed by atoms with Crippen LogP contribution in [0.25, 0.3) is 0 Å². The SMILES string of the molecule is CN(C(=O)C1(C)COCC1N)c1ccc([N+](=O)[O-])cc1. The minimum absolute atomic E-state index is 0.0123. The van der Waals surface area contributed by atoms with E-state index in [0.717, 1.165) is 0 Å². The van der Waals surface area contributed by atoms with E-state index in [1.807, 2.05) is 0 Å². The molecule has 2 rings (SSSR count). The van der Waals surface area contributed by atoms with E-state index in [2.05, 4.69) is 0 Å². The lowest BCUT2D eigenvalue weighted by Crippen LogP contribution is -2.50. The van der Waals surface area contributed by atoms with Gasteiger partial charge in [0.2, 0.25) is 5.91 Å². The van der Waals surface area contributed by atoms with Gasteiger partial charge >= 0.3 is 0 Å². The molecule has 0 saturated carbocycles. The molecule has 0 aromatic heterocycles. The van der Waals surface area contributed by atoms with Crippen molar-refractivity contribution < 1.29 is 14.5 Å². The van der Waals surface area contributed by atoms with Gasteiger partial charge < -0.3 is 15.4 Å². The molecule has 2 atom stereocenters. The molecule has 1 heterocycles. The van der Waals surface area contributed by atoms with Crippen LogP contribution in [0.5, 0.6) is 0 Å². The van der Waals surface area contributed by atoms with Gasteiger partial charge in [-0.1, -0.05) is 0 Å². The van der Waals surface area contributed by atoms with Gasteiger partial charge in [-0.3, -0.25) is 14.9 Å². The van der Waals surface area contributed by atoms with Crippen LogP contribution >= 0.6 is 0 Å². The summed E-state index contributed by atoms with van der Waals surface area (Å²) >= 11 is 0.